The molecule has 2 saturated heterocycles. The predicted octanol–water partition coefficient (Wildman–Crippen LogP) is 2.73. The molecule has 0 saturated carbocycles. The summed E-state index contributed by atoms with van der Waals surface area (Å²) in [5, 5.41) is 6.87. The van der Waals surface area contributed by atoms with Crippen molar-refractivity contribution in [3.05, 3.63) is 41.9 Å². The average molecular weight is 414 g/mol. The van der Waals surface area contributed by atoms with Gasteiger partial charge in [0.1, 0.15) is 11.0 Å². The number of H-pyrrole nitrogens is 1. The van der Waals surface area contributed by atoms with Crippen LogP contribution >= 0.6 is 0 Å². The van der Waals surface area contributed by atoms with E-state index in [1.54, 1.807) is 24.3 Å². The second-order valence-electron chi connectivity index (χ2n) is 7.89. The van der Waals surface area contributed by atoms with Crippen molar-refractivity contribution in [1.29, 1.82) is 0 Å². The first-order valence-corrected chi connectivity index (χ1v) is 11.3. The van der Waals surface area contributed by atoms with Gasteiger partial charge in [0.15, 0.2) is 0 Å². The first kappa shape index (κ1) is 18.5. The van der Waals surface area contributed by atoms with E-state index in [4.69, 9.17) is 4.74 Å². The van der Waals surface area contributed by atoms with Gasteiger partial charge in [0, 0.05) is 24.9 Å². The van der Waals surface area contributed by atoms with Crippen LogP contribution in [0.5, 0.6) is 5.88 Å². The van der Waals surface area contributed by atoms with Gasteiger partial charge >= 0.3 is 0 Å². The Bertz CT molecular complexity index is 1140. The monoisotopic (exact) mass is 413 g/mol. The molecular weight excluding hydrogens is 390 g/mol. The second-order valence-corrected chi connectivity index (χ2v) is 9.67. The summed E-state index contributed by atoms with van der Waals surface area (Å²) in [4.78, 5) is 9.26. The van der Waals surface area contributed by atoms with Gasteiger partial charge in [0.05, 0.1) is 28.6 Å². The largest absolute Gasteiger partial charge is 0.473 e. The minimum absolute atomic E-state index is 0.0640. The molecule has 3 aromatic rings. The second kappa shape index (κ2) is 6.77. The number of ether oxygens (including phenoxy) is 1. The summed E-state index contributed by atoms with van der Waals surface area (Å²) in [6.45, 7) is 3.48. The lowest BCUT2D eigenvalue weighted by Gasteiger charge is -2.37. The molecule has 0 spiro atoms. The molecule has 0 aliphatic carbocycles. The quantitative estimate of drug-likeness (QED) is 0.706. The maximum Gasteiger partial charge on any atom is 0.247 e. The van der Waals surface area contributed by atoms with Crippen LogP contribution in [0, 0.1) is 13.8 Å². The van der Waals surface area contributed by atoms with Crippen LogP contribution < -0.4 is 4.74 Å². The number of aromatic nitrogens is 4. The van der Waals surface area contributed by atoms with E-state index in [9.17, 15) is 8.42 Å². The summed E-state index contributed by atoms with van der Waals surface area (Å²) < 4.78 is 34.6. The van der Waals surface area contributed by atoms with E-state index in [1.165, 1.54) is 0 Å². The fourth-order valence-corrected chi connectivity index (χ4v) is 7.00. The predicted molar refractivity (Wildman–Crippen MR) is 107 cm³/mol. The molecule has 0 amide bonds. The molecule has 152 valence electrons. The molecule has 9 heteroatoms. The number of fused-ring (bicyclic) bond motifs is 3. The maximum atomic E-state index is 13.4. The van der Waals surface area contributed by atoms with Crippen molar-refractivity contribution < 1.29 is 13.2 Å². The molecule has 1 unspecified atom stereocenters. The third kappa shape index (κ3) is 3.08. The Labute approximate surface area is 169 Å². The normalized spacial score (nSPS) is 24.8. The summed E-state index contributed by atoms with van der Waals surface area (Å²) in [7, 11) is -3.58. The van der Waals surface area contributed by atoms with Crippen molar-refractivity contribution in [2.24, 2.45) is 0 Å². The molecular formula is C20H23N5O3S. The van der Waals surface area contributed by atoms with Crippen LogP contribution in [-0.2, 0) is 10.0 Å². The zero-order valence-corrected chi connectivity index (χ0v) is 17.2. The summed E-state index contributed by atoms with van der Waals surface area (Å²) in [5.41, 5.74) is 2.73. The molecule has 1 aromatic carbocycles. The van der Waals surface area contributed by atoms with Gasteiger partial charge in [-0.05, 0) is 38.8 Å². The summed E-state index contributed by atoms with van der Waals surface area (Å²) in [6.07, 6.45) is 4.58. The molecule has 4 heterocycles. The van der Waals surface area contributed by atoms with Gasteiger partial charge in [-0.2, -0.15) is 9.40 Å². The first-order chi connectivity index (χ1) is 13.9. The Morgan fingerprint density at radius 2 is 1.79 bits per heavy atom. The highest BCUT2D eigenvalue weighted by Crippen LogP contribution is 2.41. The number of benzene rings is 1. The Balaban J connectivity index is 1.37. The number of aromatic amines is 1. The van der Waals surface area contributed by atoms with E-state index >= 15 is 0 Å². The lowest BCUT2D eigenvalue weighted by molar-refractivity contribution is 0.0918. The van der Waals surface area contributed by atoms with Crippen LogP contribution in [0.2, 0.25) is 0 Å². The molecule has 2 fully saturated rings. The van der Waals surface area contributed by atoms with Gasteiger partial charge in [-0.3, -0.25) is 5.10 Å². The standard InChI is InChI=1S/C20H23N5O3S/c1-12-20(13(2)24-23-12)29(26,27)25-14-7-8-15(25)10-16(9-14)28-19-11-21-17-5-3-4-6-18(17)22-19/h3-6,11,14-16H,7-10H2,1-2H3,(H,23,24)/t14-,15+,16?. The highest BCUT2D eigenvalue weighted by molar-refractivity contribution is 7.89. The number of sulfonamides is 1. The molecule has 2 aromatic heterocycles. The SMILES string of the molecule is Cc1n[nH]c(C)c1S(=O)(=O)N1[C@@H]2CC[C@H]1CC(Oc1cnc3ccccc3n1)C2. The molecule has 1 N–H and O–H groups in total. The number of hydrogen-bond acceptors (Lipinski definition) is 6. The average Bonchev–Trinajstić information content (AvgIpc) is 3.18. The zero-order valence-electron chi connectivity index (χ0n) is 16.4. The molecule has 2 aliphatic heterocycles. The summed E-state index contributed by atoms with van der Waals surface area (Å²) >= 11 is 0. The number of aryl methyl sites for hydroxylation is 2. The zero-order chi connectivity index (χ0) is 20.2. The van der Waals surface area contributed by atoms with Crippen LogP contribution in [0.25, 0.3) is 11.0 Å². The van der Waals surface area contributed by atoms with Crippen molar-refractivity contribution in [3.8, 4) is 5.88 Å². The Morgan fingerprint density at radius 1 is 1.10 bits per heavy atom. The van der Waals surface area contributed by atoms with Crippen LogP contribution in [0.15, 0.2) is 35.4 Å². The molecule has 3 atom stereocenters. The van der Waals surface area contributed by atoms with Crippen LogP contribution in [0.1, 0.15) is 37.1 Å². The molecule has 2 aliphatic rings. The van der Waals surface area contributed by atoms with Crippen molar-refractivity contribution in [2.45, 2.75) is 62.6 Å². The third-order valence-corrected chi connectivity index (χ3v) is 8.20. The van der Waals surface area contributed by atoms with E-state index in [0.717, 1.165) is 23.9 Å². The highest BCUT2D eigenvalue weighted by Gasteiger charge is 2.49. The van der Waals surface area contributed by atoms with E-state index in [2.05, 4.69) is 20.2 Å². The minimum Gasteiger partial charge on any atom is -0.473 e. The van der Waals surface area contributed by atoms with Gasteiger partial charge in [-0.25, -0.2) is 18.4 Å². The molecule has 5 rings (SSSR count). The van der Waals surface area contributed by atoms with Crippen molar-refractivity contribution in [1.82, 2.24) is 24.5 Å². The van der Waals surface area contributed by atoms with Crippen LogP contribution in [0.4, 0.5) is 0 Å². The van der Waals surface area contributed by atoms with Crippen molar-refractivity contribution >= 4 is 21.1 Å². The smallest absolute Gasteiger partial charge is 0.247 e. The van der Waals surface area contributed by atoms with Crippen molar-refractivity contribution in [3.63, 3.8) is 0 Å². The Hall–Kier alpha value is -2.52. The van der Waals surface area contributed by atoms with E-state index < -0.39 is 10.0 Å². The van der Waals surface area contributed by atoms with Crippen LogP contribution in [-0.4, -0.2) is 51.1 Å². The van der Waals surface area contributed by atoms with E-state index in [-0.39, 0.29) is 18.2 Å². The number of para-hydroxylation sites is 2. The van der Waals surface area contributed by atoms with Gasteiger partial charge in [0.25, 0.3) is 0 Å². The molecule has 29 heavy (non-hydrogen) atoms. The topological polar surface area (TPSA) is 101 Å². The van der Waals surface area contributed by atoms with E-state index in [0.29, 0.717) is 35.0 Å². The van der Waals surface area contributed by atoms with Gasteiger partial charge in [-0.15, -0.1) is 0 Å². The number of nitrogens with one attached hydrogen (secondary N) is 1. The summed E-state index contributed by atoms with van der Waals surface area (Å²) in [5.74, 6) is 0.492. The van der Waals surface area contributed by atoms with Crippen LogP contribution in [0.3, 0.4) is 0 Å². The van der Waals surface area contributed by atoms with Gasteiger partial charge < -0.3 is 4.74 Å². The molecule has 0 radical (unpaired) electrons. The minimum atomic E-state index is -3.58. The molecule has 8 nitrogen and oxygen atoms in total. The van der Waals surface area contributed by atoms with Gasteiger partial charge in [-0.1, -0.05) is 12.1 Å². The third-order valence-electron chi connectivity index (χ3n) is 5.93. The lowest BCUT2D eigenvalue weighted by atomic mass is 10.0. The number of rotatable bonds is 4. The maximum absolute atomic E-state index is 13.4. The number of piperidine rings is 1. The lowest BCUT2D eigenvalue weighted by Crippen LogP contribution is -2.49. The number of nitrogens with zero attached hydrogens (tertiary/aromatic N) is 4. The Kier molecular flexibility index (Phi) is 4.32. The fourth-order valence-electron chi connectivity index (χ4n) is 4.77. The number of hydrogen-bond donors (Lipinski definition) is 1. The highest BCUT2D eigenvalue weighted by atomic mass is 32.2. The van der Waals surface area contributed by atoms with E-state index in [1.807, 2.05) is 24.3 Å². The summed E-state index contributed by atoms with van der Waals surface area (Å²) in [6, 6.07) is 7.54. The molecule has 2 bridgehead atoms. The Morgan fingerprint density at radius 3 is 2.45 bits per heavy atom. The van der Waals surface area contributed by atoms with Crippen molar-refractivity contribution in [2.75, 3.05) is 0 Å². The fraction of sp³-hybridized carbons (Fsp3) is 0.450. The van der Waals surface area contributed by atoms with Gasteiger partial charge in [0.2, 0.25) is 15.9 Å². The first-order valence-electron chi connectivity index (χ1n) is 9.87.